The average molecular weight is 380 g/mol. The van der Waals surface area contributed by atoms with Gasteiger partial charge in [0.1, 0.15) is 5.69 Å². The van der Waals surface area contributed by atoms with Crippen LogP contribution in [0.3, 0.4) is 0 Å². The normalized spacial score (nSPS) is 10.8. The molecule has 0 saturated heterocycles. The van der Waals surface area contributed by atoms with E-state index >= 15 is 0 Å². The Labute approximate surface area is 158 Å². The van der Waals surface area contributed by atoms with Crippen LogP contribution in [0.25, 0.3) is 21.8 Å². The monoisotopic (exact) mass is 380 g/mol. The highest BCUT2D eigenvalue weighted by Crippen LogP contribution is 2.29. The van der Waals surface area contributed by atoms with Crippen LogP contribution >= 0.6 is 22.7 Å². The molecule has 0 aliphatic heterocycles. The van der Waals surface area contributed by atoms with Gasteiger partial charge in [-0.1, -0.05) is 30.3 Å². The Morgan fingerprint density at radius 1 is 1.15 bits per heavy atom. The van der Waals surface area contributed by atoms with E-state index < -0.39 is 0 Å². The van der Waals surface area contributed by atoms with Gasteiger partial charge < -0.3 is 5.32 Å². The van der Waals surface area contributed by atoms with E-state index in [0.717, 1.165) is 31.7 Å². The summed E-state index contributed by atoms with van der Waals surface area (Å²) in [6.45, 7) is 2.48. The Morgan fingerprint density at radius 2 is 2.00 bits per heavy atom. The molecule has 1 aromatic carbocycles. The van der Waals surface area contributed by atoms with Crippen molar-refractivity contribution in [1.82, 2.24) is 20.5 Å². The number of amides is 1. The fourth-order valence-corrected chi connectivity index (χ4v) is 4.14. The first kappa shape index (κ1) is 16.7. The van der Waals surface area contributed by atoms with E-state index in [4.69, 9.17) is 0 Å². The van der Waals surface area contributed by atoms with Crippen molar-refractivity contribution in [3.63, 3.8) is 0 Å². The third kappa shape index (κ3) is 3.58. The quantitative estimate of drug-likeness (QED) is 0.535. The van der Waals surface area contributed by atoms with Gasteiger partial charge in [-0.25, -0.2) is 4.98 Å². The first-order valence-corrected chi connectivity index (χ1v) is 9.79. The van der Waals surface area contributed by atoms with Gasteiger partial charge in [0.2, 0.25) is 0 Å². The number of hydrogen-bond donors (Lipinski definition) is 2. The van der Waals surface area contributed by atoms with E-state index in [-0.39, 0.29) is 5.91 Å². The predicted octanol–water partition coefficient (Wildman–Crippen LogP) is 4.50. The van der Waals surface area contributed by atoms with Gasteiger partial charge in [-0.3, -0.25) is 9.89 Å². The van der Waals surface area contributed by atoms with Gasteiger partial charge in [0.15, 0.2) is 0 Å². The fraction of sp³-hybridized carbons (Fsp3) is 0.105. The zero-order valence-electron chi connectivity index (χ0n) is 14.0. The number of nitrogens with zero attached hydrogens (tertiary/aromatic N) is 2. The second kappa shape index (κ2) is 7.23. The predicted molar refractivity (Wildman–Crippen MR) is 105 cm³/mol. The molecule has 0 spiro atoms. The van der Waals surface area contributed by atoms with Gasteiger partial charge >= 0.3 is 0 Å². The molecule has 130 valence electrons. The summed E-state index contributed by atoms with van der Waals surface area (Å²) >= 11 is 3.28. The summed E-state index contributed by atoms with van der Waals surface area (Å²) in [4.78, 5) is 19.1. The van der Waals surface area contributed by atoms with Crippen LogP contribution in [0.2, 0.25) is 0 Å². The molecule has 0 saturated carbocycles. The topological polar surface area (TPSA) is 70.7 Å². The van der Waals surface area contributed by atoms with Crippen LogP contribution in [0.1, 0.15) is 20.4 Å². The van der Waals surface area contributed by atoms with E-state index in [9.17, 15) is 4.79 Å². The number of carbonyl (C=O) groups excluding carboxylic acids is 1. The van der Waals surface area contributed by atoms with E-state index in [0.29, 0.717) is 12.2 Å². The highest BCUT2D eigenvalue weighted by molar-refractivity contribution is 7.16. The molecule has 4 aromatic rings. The molecule has 4 rings (SSSR count). The number of thiazole rings is 1. The lowest BCUT2D eigenvalue weighted by Crippen LogP contribution is -2.22. The Morgan fingerprint density at radius 3 is 2.77 bits per heavy atom. The summed E-state index contributed by atoms with van der Waals surface area (Å²) < 4.78 is 0. The molecule has 3 aromatic heterocycles. The second-order valence-electron chi connectivity index (χ2n) is 5.73. The van der Waals surface area contributed by atoms with Gasteiger partial charge in [0, 0.05) is 15.8 Å². The van der Waals surface area contributed by atoms with Gasteiger partial charge in [-0.05, 0) is 25.1 Å². The SMILES string of the molecule is Cc1nc(-c2ccc(CNC(=O)c3cc(-c4ccccc4)n[nH]3)s2)cs1. The summed E-state index contributed by atoms with van der Waals surface area (Å²) in [5.74, 6) is -0.167. The molecular weight excluding hydrogens is 364 g/mol. The molecule has 7 heteroatoms. The molecule has 0 aliphatic rings. The van der Waals surface area contributed by atoms with E-state index in [1.54, 1.807) is 28.7 Å². The first-order chi connectivity index (χ1) is 12.7. The van der Waals surface area contributed by atoms with Crippen LogP contribution in [-0.4, -0.2) is 21.1 Å². The molecule has 0 unspecified atom stereocenters. The fourth-order valence-electron chi connectivity index (χ4n) is 2.54. The largest absolute Gasteiger partial charge is 0.346 e. The van der Waals surface area contributed by atoms with Gasteiger partial charge in [0.25, 0.3) is 5.91 Å². The summed E-state index contributed by atoms with van der Waals surface area (Å²) in [6.07, 6.45) is 0. The van der Waals surface area contributed by atoms with Crippen LogP contribution in [-0.2, 0) is 6.54 Å². The molecule has 0 fully saturated rings. The highest BCUT2D eigenvalue weighted by Gasteiger charge is 2.12. The number of aromatic amines is 1. The van der Waals surface area contributed by atoms with Crippen LogP contribution in [0.4, 0.5) is 0 Å². The van der Waals surface area contributed by atoms with Crippen molar-refractivity contribution in [1.29, 1.82) is 0 Å². The summed E-state index contributed by atoms with van der Waals surface area (Å²) in [5.41, 5.74) is 3.18. The maximum Gasteiger partial charge on any atom is 0.269 e. The van der Waals surface area contributed by atoms with Crippen molar-refractivity contribution < 1.29 is 4.79 Å². The standard InChI is InChI=1S/C19H16N4OS2/c1-12-21-17(11-25-12)18-8-7-14(26-18)10-20-19(24)16-9-15(22-23-16)13-5-3-2-4-6-13/h2-9,11H,10H2,1H3,(H,20,24)(H,22,23). The van der Waals surface area contributed by atoms with Crippen molar-refractivity contribution in [3.8, 4) is 21.8 Å². The van der Waals surface area contributed by atoms with Crippen molar-refractivity contribution >= 4 is 28.6 Å². The molecular formula is C19H16N4OS2. The number of aryl methyl sites for hydroxylation is 1. The number of thiophene rings is 1. The third-order valence-corrected chi connectivity index (χ3v) is 5.73. The minimum Gasteiger partial charge on any atom is -0.346 e. The van der Waals surface area contributed by atoms with Crippen LogP contribution in [0, 0.1) is 6.92 Å². The van der Waals surface area contributed by atoms with Crippen LogP contribution in [0.5, 0.6) is 0 Å². The number of benzene rings is 1. The number of rotatable bonds is 5. The van der Waals surface area contributed by atoms with E-state index in [2.05, 4.69) is 25.9 Å². The van der Waals surface area contributed by atoms with Crippen molar-refractivity contribution in [2.24, 2.45) is 0 Å². The second-order valence-corrected chi connectivity index (χ2v) is 7.96. The van der Waals surface area contributed by atoms with Gasteiger partial charge in [-0.15, -0.1) is 22.7 Å². The first-order valence-electron chi connectivity index (χ1n) is 8.09. The zero-order chi connectivity index (χ0) is 17.9. The van der Waals surface area contributed by atoms with Gasteiger partial charge in [0.05, 0.1) is 27.8 Å². The Kier molecular flexibility index (Phi) is 4.64. The molecule has 1 amide bonds. The third-order valence-electron chi connectivity index (χ3n) is 3.85. The molecule has 2 N–H and O–H groups in total. The Hall–Kier alpha value is -2.77. The molecule has 3 heterocycles. The van der Waals surface area contributed by atoms with Crippen LogP contribution < -0.4 is 5.32 Å². The minimum absolute atomic E-state index is 0.167. The maximum atomic E-state index is 12.4. The maximum absolute atomic E-state index is 12.4. The average Bonchev–Trinajstić information content (AvgIpc) is 3.40. The molecule has 26 heavy (non-hydrogen) atoms. The number of H-pyrrole nitrogens is 1. The minimum atomic E-state index is -0.167. The van der Waals surface area contributed by atoms with Crippen LogP contribution in [0.15, 0.2) is 53.9 Å². The Balaban J connectivity index is 1.40. The lowest BCUT2D eigenvalue weighted by atomic mass is 10.1. The van der Waals surface area contributed by atoms with Crippen molar-refractivity contribution in [2.45, 2.75) is 13.5 Å². The molecule has 5 nitrogen and oxygen atoms in total. The van der Waals surface area contributed by atoms with Crippen molar-refractivity contribution in [2.75, 3.05) is 0 Å². The molecule has 0 atom stereocenters. The van der Waals surface area contributed by atoms with Crippen molar-refractivity contribution in [3.05, 3.63) is 69.5 Å². The lowest BCUT2D eigenvalue weighted by Gasteiger charge is -2.00. The van der Waals surface area contributed by atoms with E-state index in [1.807, 2.05) is 49.4 Å². The van der Waals surface area contributed by atoms with E-state index in [1.165, 1.54) is 0 Å². The summed E-state index contributed by atoms with van der Waals surface area (Å²) in [7, 11) is 0. The zero-order valence-corrected chi connectivity index (χ0v) is 15.7. The number of hydrogen-bond acceptors (Lipinski definition) is 5. The number of aromatic nitrogens is 3. The Bertz CT molecular complexity index is 1030. The highest BCUT2D eigenvalue weighted by atomic mass is 32.1. The number of nitrogens with one attached hydrogen (secondary N) is 2. The van der Waals surface area contributed by atoms with Gasteiger partial charge in [-0.2, -0.15) is 5.10 Å². The molecule has 0 aliphatic carbocycles. The smallest absolute Gasteiger partial charge is 0.269 e. The molecule has 0 bridgehead atoms. The summed E-state index contributed by atoms with van der Waals surface area (Å²) in [5, 5.41) is 13.1. The lowest BCUT2D eigenvalue weighted by molar-refractivity contribution is 0.0946. The molecule has 0 radical (unpaired) electrons. The summed E-state index contributed by atoms with van der Waals surface area (Å²) in [6, 6.07) is 15.6. The number of carbonyl (C=O) groups is 1.